The van der Waals surface area contributed by atoms with E-state index in [0.29, 0.717) is 60.7 Å². The molecule has 4 heterocycles. The lowest BCUT2D eigenvalue weighted by molar-refractivity contribution is -0.148. The van der Waals surface area contributed by atoms with Gasteiger partial charge in [-0.05, 0) is 56.4 Å². The van der Waals surface area contributed by atoms with Crippen LogP contribution in [-0.4, -0.2) is 80.9 Å². The highest BCUT2D eigenvalue weighted by Gasteiger charge is 2.31. The number of carbonyl (C=O) groups excluding carboxylic acids is 1. The van der Waals surface area contributed by atoms with Crippen LogP contribution in [0.5, 0.6) is 0 Å². The number of carbonyl (C=O) groups is 1. The van der Waals surface area contributed by atoms with Crippen molar-refractivity contribution in [3.8, 4) is 0 Å². The molecule has 0 bridgehead atoms. The van der Waals surface area contributed by atoms with Crippen LogP contribution in [0.25, 0.3) is 10.9 Å². The molecule has 5 rings (SSSR count). The zero-order valence-electron chi connectivity index (χ0n) is 22.4. The van der Waals surface area contributed by atoms with Gasteiger partial charge in [0.15, 0.2) is 0 Å². The summed E-state index contributed by atoms with van der Waals surface area (Å²) in [4.78, 5) is 40.6. The molecule has 11 heteroatoms. The number of hydrogen-bond acceptors (Lipinski definition) is 9. The molecule has 2 aromatic heterocycles. The van der Waals surface area contributed by atoms with Gasteiger partial charge < -0.3 is 25.1 Å². The average molecular weight is 521 g/mol. The van der Waals surface area contributed by atoms with Crippen molar-refractivity contribution in [1.29, 1.82) is 0 Å². The predicted molar refractivity (Wildman–Crippen MR) is 148 cm³/mol. The Bertz CT molecular complexity index is 1350. The van der Waals surface area contributed by atoms with Gasteiger partial charge in [0.1, 0.15) is 22.3 Å². The Hall–Kier alpha value is -3.73. The maximum Gasteiger partial charge on any atom is 0.277 e. The number of nitrogens with zero attached hydrogens (tertiary/aromatic N) is 6. The van der Waals surface area contributed by atoms with Crippen LogP contribution >= 0.6 is 0 Å². The first-order chi connectivity index (χ1) is 18.1. The minimum atomic E-state index is -1.36. The van der Waals surface area contributed by atoms with E-state index in [1.54, 1.807) is 11.1 Å². The van der Waals surface area contributed by atoms with Crippen LogP contribution in [0, 0.1) is 11.8 Å². The number of nitrogens with one attached hydrogen (secondary N) is 2. The van der Waals surface area contributed by atoms with Crippen LogP contribution in [0.4, 0.5) is 23.1 Å². The van der Waals surface area contributed by atoms with Crippen LogP contribution in [0.15, 0.2) is 35.3 Å². The summed E-state index contributed by atoms with van der Waals surface area (Å²) in [6, 6.07) is 7.94. The van der Waals surface area contributed by atoms with E-state index in [1.807, 2.05) is 24.3 Å². The molecule has 2 aliphatic heterocycles. The molecule has 0 saturated carbocycles. The number of amides is 1. The van der Waals surface area contributed by atoms with E-state index in [1.165, 1.54) is 20.3 Å². The number of aromatic amines is 1. The second-order valence-electron chi connectivity index (χ2n) is 11.2. The van der Waals surface area contributed by atoms with E-state index < -0.39 is 5.60 Å². The van der Waals surface area contributed by atoms with Gasteiger partial charge in [-0.3, -0.25) is 9.59 Å². The standard InChI is InChI=1S/C27H36N8O3/c1-17-13-18(2)16-35(15-17)26-30-21-14-28-32-24(36)22(21)23(31-26)29-19-5-7-20(8-6-19)33-9-11-34(12-10-33)25(37)27(3,4)38/h5-8,14,17-18,38H,9-13,15-16H2,1-4H3,(H,32,36)(H,29,30,31). The van der Waals surface area contributed by atoms with Gasteiger partial charge in [0.25, 0.3) is 11.5 Å². The van der Waals surface area contributed by atoms with Crippen molar-refractivity contribution in [2.75, 3.05) is 54.4 Å². The molecular weight excluding hydrogens is 484 g/mol. The molecule has 38 heavy (non-hydrogen) atoms. The Morgan fingerprint density at radius 2 is 1.68 bits per heavy atom. The first-order valence-corrected chi connectivity index (χ1v) is 13.2. The largest absolute Gasteiger partial charge is 0.381 e. The number of benzene rings is 1. The molecule has 3 aromatic rings. The fourth-order valence-corrected chi connectivity index (χ4v) is 5.50. The van der Waals surface area contributed by atoms with E-state index in [0.717, 1.165) is 24.5 Å². The molecular formula is C27H36N8O3. The van der Waals surface area contributed by atoms with Crippen LogP contribution in [0.1, 0.15) is 34.1 Å². The molecule has 11 nitrogen and oxygen atoms in total. The number of piperazine rings is 1. The van der Waals surface area contributed by atoms with E-state index in [2.05, 4.69) is 44.1 Å². The molecule has 1 amide bonds. The van der Waals surface area contributed by atoms with Crippen LogP contribution in [0.2, 0.25) is 0 Å². The van der Waals surface area contributed by atoms with E-state index in [-0.39, 0.29) is 11.5 Å². The summed E-state index contributed by atoms with van der Waals surface area (Å²) in [7, 11) is 0. The highest BCUT2D eigenvalue weighted by molar-refractivity contribution is 5.90. The number of anilines is 4. The molecule has 1 aromatic carbocycles. The number of fused-ring (bicyclic) bond motifs is 1. The smallest absolute Gasteiger partial charge is 0.277 e. The predicted octanol–water partition coefficient (Wildman–Crippen LogP) is 2.36. The lowest BCUT2D eigenvalue weighted by Gasteiger charge is -2.38. The van der Waals surface area contributed by atoms with Gasteiger partial charge in [0, 0.05) is 50.6 Å². The van der Waals surface area contributed by atoms with Crippen LogP contribution in [-0.2, 0) is 4.79 Å². The Kier molecular flexibility index (Phi) is 6.95. The van der Waals surface area contributed by atoms with Crippen molar-refractivity contribution in [1.82, 2.24) is 25.1 Å². The molecule has 202 valence electrons. The molecule has 2 unspecified atom stereocenters. The van der Waals surface area contributed by atoms with Gasteiger partial charge in [-0.25, -0.2) is 10.1 Å². The summed E-state index contributed by atoms with van der Waals surface area (Å²) in [6.07, 6.45) is 2.74. The maximum absolute atomic E-state index is 12.7. The fourth-order valence-electron chi connectivity index (χ4n) is 5.50. The van der Waals surface area contributed by atoms with Crippen LogP contribution < -0.4 is 20.7 Å². The van der Waals surface area contributed by atoms with Crippen molar-refractivity contribution in [2.45, 2.75) is 39.7 Å². The van der Waals surface area contributed by atoms with Gasteiger partial charge >= 0.3 is 0 Å². The number of aliphatic hydroxyl groups is 1. The van der Waals surface area contributed by atoms with Crippen molar-refractivity contribution >= 4 is 40.0 Å². The zero-order chi connectivity index (χ0) is 27.0. The second-order valence-corrected chi connectivity index (χ2v) is 11.2. The molecule has 2 saturated heterocycles. The molecule has 2 atom stereocenters. The number of rotatable bonds is 5. The monoisotopic (exact) mass is 520 g/mol. The highest BCUT2D eigenvalue weighted by Crippen LogP contribution is 2.29. The topological polar surface area (TPSA) is 131 Å². The lowest BCUT2D eigenvalue weighted by atomic mass is 9.92. The Morgan fingerprint density at radius 1 is 1.03 bits per heavy atom. The lowest BCUT2D eigenvalue weighted by Crippen LogP contribution is -2.54. The van der Waals surface area contributed by atoms with E-state index >= 15 is 0 Å². The summed E-state index contributed by atoms with van der Waals surface area (Å²) in [5.74, 6) is 1.88. The number of hydrogen-bond donors (Lipinski definition) is 3. The van der Waals surface area contributed by atoms with Gasteiger partial charge in [-0.2, -0.15) is 10.1 Å². The van der Waals surface area contributed by atoms with Gasteiger partial charge in [-0.15, -0.1) is 0 Å². The minimum Gasteiger partial charge on any atom is -0.381 e. The molecule has 2 fully saturated rings. The molecule has 2 aliphatic rings. The average Bonchev–Trinajstić information content (AvgIpc) is 2.87. The van der Waals surface area contributed by atoms with Crippen molar-refractivity contribution < 1.29 is 9.90 Å². The third-order valence-electron chi connectivity index (χ3n) is 7.24. The Balaban J connectivity index is 1.35. The fraction of sp³-hybridized carbons (Fsp3) is 0.519. The maximum atomic E-state index is 12.7. The quantitative estimate of drug-likeness (QED) is 0.464. The van der Waals surface area contributed by atoms with Gasteiger partial charge in [0.05, 0.1) is 6.20 Å². The van der Waals surface area contributed by atoms with Crippen molar-refractivity contribution in [2.24, 2.45) is 11.8 Å². The second kappa shape index (κ2) is 10.2. The highest BCUT2D eigenvalue weighted by atomic mass is 16.3. The normalized spacial score (nSPS) is 20.6. The van der Waals surface area contributed by atoms with Crippen molar-refractivity contribution in [3.63, 3.8) is 0 Å². The summed E-state index contributed by atoms with van der Waals surface area (Å²) in [5.41, 5.74) is 0.641. The summed E-state index contributed by atoms with van der Waals surface area (Å²) in [5, 5.41) is 20.2. The first-order valence-electron chi connectivity index (χ1n) is 13.2. The molecule has 0 radical (unpaired) electrons. The number of piperidine rings is 1. The number of aromatic nitrogens is 4. The number of H-pyrrole nitrogens is 1. The zero-order valence-corrected chi connectivity index (χ0v) is 22.4. The molecule has 0 aliphatic carbocycles. The molecule has 0 spiro atoms. The molecule has 3 N–H and O–H groups in total. The third-order valence-corrected chi connectivity index (χ3v) is 7.24. The van der Waals surface area contributed by atoms with E-state index in [9.17, 15) is 14.7 Å². The SMILES string of the molecule is CC1CC(C)CN(c2nc(Nc3ccc(N4CCN(C(=O)C(C)(C)O)CC4)cc3)c3c(=O)[nH]ncc3n2)C1. The van der Waals surface area contributed by atoms with Crippen molar-refractivity contribution in [3.05, 3.63) is 40.8 Å². The summed E-state index contributed by atoms with van der Waals surface area (Å²) < 4.78 is 0. The summed E-state index contributed by atoms with van der Waals surface area (Å²) in [6.45, 7) is 11.7. The Labute approximate surface area is 221 Å². The Morgan fingerprint density at radius 3 is 2.32 bits per heavy atom. The summed E-state index contributed by atoms with van der Waals surface area (Å²) >= 11 is 0. The van der Waals surface area contributed by atoms with Gasteiger partial charge in [-0.1, -0.05) is 13.8 Å². The van der Waals surface area contributed by atoms with Gasteiger partial charge in [0.2, 0.25) is 5.95 Å². The minimum absolute atomic E-state index is 0.244. The first kappa shape index (κ1) is 25.9. The van der Waals surface area contributed by atoms with E-state index in [4.69, 9.17) is 4.98 Å². The third kappa shape index (κ3) is 5.42. The van der Waals surface area contributed by atoms with Crippen LogP contribution in [0.3, 0.4) is 0 Å².